The summed E-state index contributed by atoms with van der Waals surface area (Å²) in [5.41, 5.74) is -0.389. The summed E-state index contributed by atoms with van der Waals surface area (Å²) in [6.07, 6.45) is 0. The van der Waals surface area contributed by atoms with Gasteiger partial charge in [-0.15, -0.1) is 0 Å². The molecule has 0 radical (unpaired) electrons. The number of benzene rings is 1. The predicted octanol–water partition coefficient (Wildman–Crippen LogP) is 0.840. The lowest BCUT2D eigenvalue weighted by Gasteiger charge is -2.17. The van der Waals surface area contributed by atoms with Crippen LogP contribution in [-0.4, -0.2) is 30.7 Å². The molecule has 2 aromatic rings. The third-order valence-corrected chi connectivity index (χ3v) is 3.62. The summed E-state index contributed by atoms with van der Waals surface area (Å²) in [5.74, 6) is -3.29. The summed E-state index contributed by atoms with van der Waals surface area (Å²) in [6, 6.07) is 8.47. The van der Waals surface area contributed by atoms with Crippen LogP contribution in [0.15, 0.2) is 29.1 Å². The summed E-state index contributed by atoms with van der Waals surface area (Å²) < 4.78 is 10.6. The number of methoxy groups -OCH3 is 2. The zero-order chi connectivity index (χ0) is 17.1. The highest BCUT2D eigenvalue weighted by atomic mass is 16.5. The van der Waals surface area contributed by atoms with E-state index in [1.807, 2.05) is 0 Å². The third kappa shape index (κ3) is 2.55. The van der Waals surface area contributed by atoms with Crippen molar-refractivity contribution in [3.63, 3.8) is 0 Å². The zero-order valence-electron chi connectivity index (χ0n) is 12.8. The number of esters is 2. The van der Waals surface area contributed by atoms with Gasteiger partial charge < -0.3 is 14.0 Å². The highest BCUT2D eigenvalue weighted by molar-refractivity contribution is 6.05. The van der Waals surface area contributed by atoms with E-state index in [9.17, 15) is 19.6 Å². The van der Waals surface area contributed by atoms with Crippen LogP contribution in [0.3, 0.4) is 0 Å². The van der Waals surface area contributed by atoms with Crippen LogP contribution in [0.5, 0.6) is 0 Å². The van der Waals surface area contributed by atoms with Crippen molar-refractivity contribution in [2.24, 2.45) is 7.05 Å². The van der Waals surface area contributed by atoms with Crippen molar-refractivity contribution < 1.29 is 19.1 Å². The standard InChI is InChI=1S/C16H14N2O5/c1-18-11-7-5-4-6-9(11)12(10(8-17)14(18)19)13(15(20)22-2)16(21)23-3/h4-7,13H,1-3H3. The number of nitrogens with zero attached hydrogens (tertiary/aromatic N) is 2. The van der Waals surface area contributed by atoms with Crippen molar-refractivity contribution in [2.75, 3.05) is 14.2 Å². The van der Waals surface area contributed by atoms with Crippen LogP contribution in [0.4, 0.5) is 0 Å². The molecule has 0 unspecified atom stereocenters. The highest BCUT2D eigenvalue weighted by Crippen LogP contribution is 2.29. The van der Waals surface area contributed by atoms with E-state index in [1.54, 1.807) is 30.3 Å². The van der Waals surface area contributed by atoms with Crippen molar-refractivity contribution in [1.82, 2.24) is 4.57 Å². The Kier molecular flexibility index (Phi) is 4.46. The number of rotatable bonds is 3. The lowest BCUT2D eigenvalue weighted by Crippen LogP contribution is -2.30. The van der Waals surface area contributed by atoms with Crippen molar-refractivity contribution in [3.05, 3.63) is 45.7 Å². The fraction of sp³-hybridized carbons (Fsp3) is 0.250. The first-order valence-electron chi connectivity index (χ1n) is 6.65. The maximum absolute atomic E-state index is 12.4. The zero-order valence-corrected chi connectivity index (χ0v) is 12.8. The van der Waals surface area contributed by atoms with Gasteiger partial charge in [-0.05, 0) is 6.07 Å². The number of pyridine rings is 1. The second kappa shape index (κ2) is 6.32. The van der Waals surface area contributed by atoms with Crippen LogP contribution in [0.25, 0.3) is 10.9 Å². The first-order chi connectivity index (χ1) is 11.0. The molecule has 0 aliphatic rings. The average Bonchev–Trinajstić information content (AvgIpc) is 2.58. The first-order valence-corrected chi connectivity index (χ1v) is 6.65. The fourth-order valence-electron chi connectivity index (χ4n) is 2.50. The van der Waals surface area contributed by atoms with Gasteiger partial charge in [0.1, 0.15) is 11.6 Å². The van der Waals surface area contributed by atoms with Crippen LogP contribution >= 0.6 is 0 Å². The number of carbonyl (C=O) groups is 2. The summed E-state index contributed by atoms with van der Waals surface area (Å²) >= 11 is 0. The number of hydrogen-bond acceptors (Lipinski definition) is 6. The Morgan fingerprint density at radius 2 is 1.74 bits per heavy atom. The Morgan fingerprint density at radius 3 is 2.26 bits per heavy atom. The molecule has 0 saturated heterocycles. The minimum atomic E-state index is -1.50. The Hall–Kier alpha value is -3.14. The van der Waals surface area contributed by atoms with Crippen LogP contribution in [0, 0.1) is 11.3 Å². The van der Waals surface area contributed by atoms with E-state index in [0.29, 0.717) is 10.9 Å². The van der Waals surface area contributed by atoms with Gasteiger partial charge in [-0.3, -0.25) is 14.4 Å². The van der Waals surface area contributed by atoms with E-state index in [4.69, 9.17) is 0 Å². The Bertz CT molecular complexity index is 876. The number of ether oxygens (including phenoxy) is 2. The van der Waals surface area contributed by atoms with Crippen LogP contribution in [0.2, 0.25) is 0 Å². The van der Waals surface area contributed by atoms with Gasteiger partial charge in [0.25, 0.3) is 5.56 Å². The Morgan fingerprint density at radius 1 is 1.17 bits per heavy atom. The summed E-state index contributed by atoms with van der Waals surface area (Å²) in [5, 5.41) is 9.81. The number of aryl methyl sites for hydroxylation is 1. The largest absolute Gasteiger partial charge is 0.468 e. The lowest BCUT2D eigenvalue weighted by atomic mass is 9.91. The SMILES string of the molecule is COC(=O)C(C(=O)OC)c1c(C#N)c(=O)n(C)c2ccccc12. The Balaban J connectivity index is 3.00. The molecule has 118 valence electrons. The molecule has 0 N–H and O–H groups in total. The summed E-state index contributed by atoms with van der Waals surface area (Å²) in [7, 11) is 3.75. The van der Waals surface area contributed by atoms with Crippen molar-refractivity contribution in [1.29, 1.82) is 5.26 Å². The average molecular weight is 314 g/mol. The summed E-state index contributed by atoms with van der Waals surface area (Å²) in [4.78, 5) is 36.6. The quantitative estimate of drug-likeness (QED) is 0.615. The minimum Gasteiger partial charge on any atom is -0.468 e. The monoisotopic (exact) mass is 314 g/mol. The van der Waals surface area contributed by atoms with E-state index >= 15 is 0 Å². The van der Waals surface area contributed by atoms with Crippen molar-refractivity contribution in [2.45, 2.75) is 5.92 Å². The van der Waals surface area contributed by atoms with E-state index in [1.165, 1.54) is 11.6 Å². The Labute approximate surface area is 131 Å². The number of para-hydroxylation sites is 1. The van der Waals surface area contributed by atoms with Gasteiger partial charge in [-0.1, -0.05) is 18.2 Å². The van der Waals surface area contributed by atoms with E-state index < -0.39 is 23.4 Å². The molecular weight excluding hydrogens is 300 g/mol. The molecule has 0 aliphatic carbocycles. The molecule has 0 spiro atoms. The van der Waals surface area contributed by atoms with Gasteiger partial charge in [-0.2, -0.15) is 5.26 Å². The molecule has 7 nitrogen and oxygen atoms in total. The molecule has 0 aliphatic heterocycles. The summed E-state index contributed by atoms with van der Waals surface area (Å²) in [6.45, 7) is 0. The smallest absolute Gasteiger partial charge is 0.324 e. The molecule has 2 rings (SSSR count). The van der Waals surface area contributed by atoms with Crippen LogP contribution in [0.1, 0.15) is 17.0 Å². The van der Waals surface area contributed by atoms with Gasteiger partial charge >= 0.3 is 11.9 Å². The molecule has 0 atom stereocenters. The second-order valence-electron chi connectivity index (χ2n) is 4.76. The highest BCUT2D eigenvalue weighted by Gasteiger charge is 2.35. The van der Waals surface area contributed by atoms with Crippen molar-refractivity contribution in [3.8, 4) is 6.07 Å². The third-order valence-electron chi connectivity index (χ3n) is 3.62. The second-order valence-corrected chi connectivity index (χ2v) is 4.76. The number of hydrogen-bond donors (Lipinski definition) is 0. The van der Waals surface area contributed by atoms with Crippen LogP contribution in [-0.2, 0) is 26.1 Å². The van der Waals surface area contributed by atoms with Gasteiger partial charge in [0.2, 0.25) is 0 Å². The van der Waals surface area contributed by atoms with Gasteiger partial charge in [0, 0.05) is 18.0 Å². The fourth-order valence-corrected chi connectivity index (χ4v) is 2.50. The molecule has 1 aromatic heterocycles. The predicted molar refractivity (Wildman–Crippen MR) is 80.7 cm³/mol. The first kappa shape index (κ1) is 16.2. The van der Waals surface area contributed by atoms with Crippen molar-refractivity contribution >= 4 is 22.8 Å². The van der Waals surface area contributed by atoms with E-state index in [-0.39, 0.29) is 11.1 Å². The van der Waals surface area contributed by atoms with Crippen LogP contribution < -0.4 is 5.56 Å². The van der Waals surface area contributed by atoms with Gasteiger partial charge in [0.15, 0.2) is 5.92 Å². The molecule has 0 amide bonds. The number of carbonyl (C=O) groups excluding carboxylic acids is 2. The minimum absolute atomic E-state index is 0.00454. The molecule has 1 heterocycles. The van der Waals surface area contributed by atoms with E-state index in [0.717, 1.165) is 14.2 Å². The normalized spacial score (nSPS) is 10.4. The maximum Gasteiger partial charge on any atom is 0.324 e. The lowest BCUT2D eigenvalue weighted by molar-refractivity contribution is -0.154. The van der Waals surface area contributed by atoms with Gasteiger partial charge in [0.05, 0.1) is 19.7 Å². The molecule has 0 bridgehead atoms. The molecule has 23 heavy (non-hydrogen) atoms. The molecule has 0 fully saturated rings. The van der Waals surface area contributed by atoms with E-state index in [2.05, 4.69) is 9.47 Å². The number of fused-ring (bicyclic) bond motifs is 1. The molecular formula is C16H14N2O5. The molecule has 7 heteroatoms. The molecule has 1 aromatic carbocycles. The van der Waals surface area contributed by atoms with Gasteiger partial charge in [-0.25, -0.2) is 0 Å². The molecule has 0 saturated carbocycles. The number of aromatic nitrogens is 1. The maximum atomic E-state index is 12.4. The topological polar surface area (TPSA) is 98.4 Å². The number of nitriles is 1.